The molecule has 0 fully saturated rings. The van der Waals surface area contributed by atoms with E-state index >= 15 is 0 Å². The minimum absolute atomic E-state index is 0.0209. The van der Waals surface area contributed by atoms with Crippen molar-refractivity contribution in [3.05, 3.63) is 102 Å². The fourth-order valence-electron chi connectivity index (χ4n) is 2.74. The third-order valence-electron chi connectivity index (χ3n) is 4.19. The van der Waals surface area contributed by atoms with Crippen LogP contribution >= 0.6 is 11.6 Å². The molecule has 1 amide bonds. The van der Waals surface area contributed by atoms with Gasteiger partial charge in [-0.3, -0.25) is 20.0 Å². The summed E-state index contributed by atoms with van der Waals surface area (Å²) >= 11 is 6.21. The monoisotopic (exact) mass is 441 g/mol. The third kappa shape index (κ3) is 4.82. The van der Waals surface area contributed by atoms with Crippen molar-refractivity contribution in [3.8, 4) is 0 Å². The van der Waals surface area contributed by atoms with Gasteiger partial charge in [0.15, 0.2) is 0 Å². The normalized spacial score (nSPS) is 10.8. The average Bonchev–Trinajstić information content (AvgIpc) is 2.77. The topological polar surface area (TPSA) is 78.5 Å². The first-order valence-corrected chi connectivity index (χ1v) is 10.8. The van der Waals surface area contributed by atoms with Crippen LogP contribution in [-0.2, 0) is 10.0 Å². The first-order valence-electron chi connectivity index (χ1n) is 9.03. The molecule has 154 valence electrons. The smallest absolute Gasteiger partial charge is 0.269 e. The van der Waals surface area contributed by atoms with Crippen molar-refractivity contribution >= 4 is 38.9 Å². The quantitative estimate of drug-likeness (QED) is 0.399. The molecule has 6 nitrogen and oxygen atoms in total. The highest BCUT2D eigenvalue weighted by atomic mass is 35.5. The van der Waals surface area contributed by atoms with Crippen molar-refractivity contribution in [2.45, 2.75) is 4.90 Å². The molecule has 0 atom stereocenters. The molecule has 0 unspecified atom stereocenters. The lowest BCUT2D eigenvalue weighted by Gasteiger charge is -2.24. The molecule has 0 aliphatic carbocycles. The van der Waals surface area contributed by atoms with Gasteiger partial charge in [0.2, 0.25) is 0 Å². The van der Waals surface area contributed by atoms with Crippen LogP contribution < -0.4 is 15.2 Å². The van der Waals surface area contributed by atoms with Crippen LogP contribution in [0.2, 0.25) is 5.02 Å². The molecule has 0 radical (unpaired) electrons. The molecule has 0 aliphatic rings. The van der Waals surface area contributed by atoms with Gasteiger partial charge in [0.25, 0.3) is 15.9 Å². The van der Waals surface area contributed by atoms with Gasteiger partial charge in [0, 0.05) is 5.56 Å². The number of hydrogen-bond acceptors (Lipinski definition) is 4. The second-order valence-corrected chi connectivity index (χ2v) is 8.49. The number of halogens is 1. The molecule has 0 saturated heterocycles. The van der Waals surface area contributed by atoms with E-state index in [1.54, 1.807) is 42.5 Å². The van der Waals surface area contributed by atoms with Crippen molar-refractivity contribution in [2.75, 3.05) is 16.3 Å². The minimum Gasteiger partial charge on any atom is -0.298 e. The molecule has 0 aromatic heterocycles. The Labute approximate surface area is 180 Å². The van der Waals surface area contributed by atoms with E-state index in [1.807, 2.05) is 18.2 Å². The van der Waals surface area contributed by atoms with Gasteiger partial charge >= 0.3 is 0 Å². The van der Waals surface area contributed by atoms with Crippen LogP contribution in [0.25, 0.3) is 0 Å². The number of carbonyl (C=O) groups excluding carboxylic acids is 1. The third-order valence-corrected chi connectivity index (χ3v) is 6.47. The van der Waals surface area contributed by atoms with Crippen molar-refractivity contribution in [1.29, 1.82) is 0 Å². The number of sulfonamides is 1. The van der Waals surface area contributed by atoms with Crippen LogP contribution in [0.1, 0.15) is 10.4 Å². The van der Waals surface area contributed by atoms with Crippen LogP contribution in [0.15, 0.2) is 96.4 Å². The minimum atomic E-state index is -4.04. The molecule has 8 heteroatoms. The number of nitrogens with zero attached hydrogens (tertiary/aromatic N) is 1. The summed E-state index contributed by atoms with van der Waals surface area (Å²) in [6.45, 7) is 3.69. The highest BCUT2D eigenvalue weighted by molar-refractivity contribution is 7.93. The van der Waals surface area contributed by atoms with Crippen molar-refractivity contribution in [2.24, 2.45) is 0 Å². The molecular formula is C22H20ClN3O3S. The fraction of sp³-hybridized carbons (Fsp3) is 0.0455. The second-order valence-electron chi connectivity index (χ2n) is 6.25. The van der Waals surface area contributed by atoms with Crippen LogP contribution in [0.5, 0.6) is 0 Å². The Balaban J connectivity index is 1.91. The number of anilines is 2. The summed E-state index contributed by atoms with van der Waals surface area (Å²) in [5, 5.41) is 0.0209. The standard InChI is InChI=1S/C22H20ClN3O3S/c1-2-15-26(19-11-7-4-8-12-19)30(28,29)21-16-17(13-14-20(21)23)22(27)25-24-18-9-5-3-6-10-18/h2-14,16,24H,1,15H2,(H,25,27). The predicted molar refractivity (Wildman–Crippen MR) is 120 cm³/mol. The molecule has 30 heavy (non-hydrogen) atoms. The number of hydrazine groups is 1. The van der Waals surface area contributed by atoms with E-state index in [0.717, 1.165) is 0 Å². The zero-order chi connectivity index (χ0) is 21.6. The molecule has 0 spiro atoms. The average molecular weight is 442 g/mol. The second kappa shape index (κ2) is 9.47. The largest absolute Gasteiger partial charge is 0.298 e. The maximum Gasteiger partial charge on any atom is 0.269 e. The van der Waals surface area contributed by atoms with E-state index < -0.39 is 15.9 Å². The zero-order valence-corrected chi connectivity index (χ0v) is 17.5. The highest BCUT2D eigenvalue weighted by Crippen LogP contribution is 2.29. The number of carbonyl (C=O) groups is 1. The summed E-state index contributed by atoms with van der Waals surface area (Å²) < 4.78 is 27.9. The molecule has 3 aromatic rings. The molecule has 3 rings (SSSR count). The number of amides is 1. The number of rotatable bonds is 8. The summed E-state index contributed by atoms with van der Waals surface area (Å²) in [4.78, 5) is 12.4. The molecule has 0 saturated carbocycles. The van der Waals surface area contributed by atoms with E-state index in [1.165, 1.54) is 28.6 Å². The summed E-state index contributed by atoms with van der Waals surface area (Å²) in [7, 11) is -4.04. The highest BCUT2D eigenvalue weighted by Gasteiger charge is 2.27. The van der Waals surface area contributed by atoms with Gasteiger partial charge in [0.1, 0.15) is 4.90 Å². The first-order chi connectivity index (χ1) is 14.4. The first kappa shape index (κ1) is 21.4. The molecule has 3 aromatic carbocycles. The number of nitrogens with one attached hydrogen (secondary N) is 2. The van der Waals surface area contributed by atoms with Crippen LogP contribution in [-0.4, -0.2) is 20.9 Å². The Morgan fingerprint density at radius 3 is 2.27 bits per heavy atom. The van der Waals surface area contributed by atoms with Gasteiger partial charge in [-0.1, -0.05) is 54.1 Å². The Morgan fingerprint density at radius 2 is 1.63 bits per heavy atom. The van der Waals surface area contributed by atoms with Gasteiger partial charge in [-0.25, -0.2) is 8.42 Å². The van der Waals surface area contributed by atoms with Crippen LogP contribution in [0.4, 0.5) is 11.4 Å². The predicted octanol–water partition coefficient (Wildman–Crippen LogP) is 4.48. The number of hydrogen-bond donors (Lipinski definition) is 2. The lowest BCUT2D eigenvalue weighted by atomic mass is 10.2. The van der Waals surface area contributed by atoms with E-state index in [0.29, 0.717) is 11.4 Å². The van der Waals surface area contributed by atoms with Crippen molar-refractivity contribution in [3.63, 3.8) is 0 Å². The van der Waals surface area contributed by atoms with E-state index in [9.17, 15) is 13.2 Å². The van der Waals surface area contributed by atoms with Crippen molar-refractivity contribution in [1.82, 2.24) is 5.43 Å². The maximum atomic E-state index is 13.3. The van der Waals surface area contributed by atoms with Crippen LogP contribution in [0, 0.1) is 0 Å². The zero-order valence-electron chi connectivity index (χ0n) is 16.0. The van der Waals surface area contributed by atoms with E-state index in [-0.39, 0.29) is 22.0 Å². The number of para-hydroxylation sites is 2. The van der Waals surface area contributed by atoms with Gasteiger partial charge < -0.3 is 0 Å². The Morgan fingerprint density at radius 1 is 1.00 bits per heavy atom. The van der Waals surface area contributed by atoms with Gasteiger partial charge in [0.05, 0.1) is 22.9 Å². The SMILES string of the molecule is C=CCN(c1ccccc1)S(=O)(=O)c1cc(C(=O)NNc2ccccc2)ccc1Cl. The Hall–Kier alpha value is -3.29. The summed E-state index contributed by atoms with van der Waals surface area (Å²) in [6, 6.07) is 21.8. The maximum absolute atomic E-state index is 13.3. The number of benzene rings is 3. The lowest BCUT2D eigenvalue weighted by molar-refractivity contribution is 0.0962. The lowest BCUT2D eigenvalue weighted by Crippen LogP contribution is -2.32. The molecule has 0 bridgehead atoms. The van der Waals surface area contributed by atoms with E-state index in [2.05, 4.69) is 17.4 Å². The molecular weight excluding hydrogens is 422 g/mol. The van der Waals surface area contributed by atoms with Crippen molar-refractivity contribution < 1.29 is 13.2 Å². The van der Waals surface area contributed by atoms with Gasteiger partial charge in [-0.15, -0.1) is 6.58 Å². The fourth-order valence-corrected chi connectivity index (χ4v) is 4.68. The summed E-state index contributed by atoms with van der Waals surface area (Å²) in [6.07, 6.45) is 1.48. The van der Waals surface area contributed by atoms with E-state index in [4.69, 9.17) is 11.6 Å². The van der Waals surface area contributed by atoms with Gasteiger partial charge in [-0.05, 0) is 42.5 Å². The molecule has 2 N–H and O–H groups in total. The Bertz CT molecular complexity index is 1140. The van der Waals surface area contributed by atoms with Gasteiger partial charge in [-0.2, -0.15) is 0 Å². The molecule has 0 aliphatic heterocycles. The summed E-state index contributed by atoms with van der Waals surface area (Å²) in [5.74, 6) is -0.498. The Kier molecular flexibility index (Phi) is 6.76. The summed E-state index contributed by atoms with van der Waals surface area (Å²) in [5.41, 5.74) is 6.62. The molecule has 0 heterocycles. The van der Waals surface area contributed by atoms with Crippen LogP contribution in [0.3, 0.4) is 0 Å².